The Morgan fingerprint density at radius 2 is 2.10 bits per heavy atom. The van der Waals surface area contributed by atoms with Gasteiger partial charge in [-0.2, -0.15) is 5.11 Å². The molecule has 3 heterocycles. The van der Waals surface area contributed by atoms with E-state index in [1.165, 1.54) is 19.5 Å². The van der Waals surface area contributed by atoms with E-state index in [0.717, 1.165) is 22.2 Å². The second-order valence-corrected chi connectivity index (χ2v) is 5.50. The van der Waals surface area contributed by atoms with Crippen LogP contribution in [0.2, 0.25) is 5.02 Å². The Morgan fingerprint density at radius 3 is 2.60 bits per heavy atom. The van der Waals surface area contributed by atoms with Gasteiger partial charge in [0.15, 0.2) is 0 Å². The molecule has 20 heavy (non-hydrogen) atoms. The molecule has 106 valence electrons. The normalized spacial score (nSPS) is 25.5. The second kappa shape index (κ2) is 5.94. The van der Waals surface area contributed by atoms with Crippen molar-refractivity contribution in [3.8, 4) is 0 Å². The number of ether oxygens (including phenoxy) is 1. The van der Waals surface area contributed by atoms with Gasteiger partial charge in [-0.25, -0.2) is 0 Å². The molecule has 4 nitrogen and oxygen atoms in total. The van der Waals surface area contributed by atoms with Crippen LogP contribution >= 0.6 is 11.6 Å². The van der Waals surface area contributed by atoms with Crippen LogP contribution < -0.4 is 0 Å². The molecular weight excluding hydrogens is 274 g/mol. The molecule has 2 atom stereocenters. The summed E-state index contributed by atoms with van der Waals surface area (Å²) in [4.78, 5) is 2.47. The zero-order chi connectivity index (χ0) is 13.9. The number of hydrogen-bond donors (Lipinski definition) is 0. The molecule has 0 aliphatic carbocycles. The Labute approximate surface area is 124 Å². The summed E-state index contributed by atoms with van der Waals surface area (Å²) >= 11 is 5.82. The molecule has 0 N–H and O–H groups in total. The quantitative estimate of drug-likeness (QED) is 0.798. The first-order chi connectivity index (χ1) is 9.78. The molecule has 3 aliphatic rings. The summed E-state index contributed by atoms with van der Waals surface area (Å²) in [6.45, 7) is 5.92. The van der Waals surface area contributed by atoms with E-state index in [4.69, 9.17) is 16.3 Å². The molecule has 0 saturated carbocycles. The van der Waals surface area contributed by atoms with Crippen molar-refractivity contribution in [3.63, 3.8) is 0 Å². The lowest BCUT2D eigenvalue weighted by molar-refractivity contribution is 0.228. The third-order valence-corrected chi connectivity index (χ3v) is 3.95. The van der Waals surface area contributed by atoms with Gasteiger partial charge < -0.3 is 4.74 Å². The predicted octanol–water partition coefficient (Wildman–Crippen LogP) is 3.59. The highest BCUT2D eigenvalue weighted by atomic mass is 35.5. The maximum absolute atomic E-state index is 5.82. The van der Waals surface area contributed by atoms with E-state index < -0.39 is 0 Å². The third kappa shape index (κ3) is 3.02. The average molecular weight is 292 g/mol. The van der Waals surface area contributed by atoms with Gasteiger partial charge in [0.25, 0.3) is 0 Å². The summed E-state index contributed by atoms with van der Waals surface area (Å²) in [6, 6.07) is 8.67. The monoisotopic (exact) mass is 291 g/mol. The third-order valence-electron chi connectivity index (χ3n) is 3.70. The van der Waals surface area contributed by atoms with E-state index in [1.54, 1.807) is 0 Å². The Balaban J connectivity index is 0.000000198. The molecule has 2 fully saturated rings. The Morgan fingerprint density at radius 1 is 1.35 bits per heavy atom. The van der Waals surface area contributed by atoms with E-state index in [1.807, 2.05) is 31.2 Å². The Kier molecular flexibility index (Phi) is 4.03. The van der Waals surface area contributed by atoms with Gasteiger partial charge in [-0.3, -0.25) is 4.90 Å². The highest BCUT2D eigenvalue weighted by Crippen LogP contribution is 2.30. The molecule has 0 bridgehead atoms. The van der Waals surface area contributed by atoms with Crippen molar-refractivity contribution in [2.45, 2.75) is 19.4 Å². The first-order valence-electron chi connectivity index (χ1n) is 7.01. The molecule has 1 aromatic carbocycles. The molecule has 2 unspecified atom stereocenters. The lowest BCUT2D eigenvalue weighted by atomic mass is 10.1. The first-order valence-corrected chi connectivity index (χ1v) is 7.39. The smallest absolute Gasteiger partial charge is 0.238 e. The number of halogens is 1. The second-order valence-electron chi connectivity index (χ2n) is 5.06. The van der Waals surface area contributed by atoms with Crippen molar-refractivity contribution in [2.75, 3.05) is 26.2 Å². The van der Waals surface area contributed by atoms with Crippen LogP contribution in [-0.2, 0) is 4.74 Å². The average Bonchev–Trinajstić information content (AvgIpc) is 2.85. The minimum Gasteiger partial charge on any atom is -0.477 e. The van der Waals surface area contributed by atoms with E-state index in [2.05, 4.69) is 15.1 Å². The fourth-order valence-electron chi connectivity index (χ4n) is 2.32. The van der Waals surface area contributed by atoms with Crippen LogP contribution in [0.5, 0.6) is 0 Å². The zero-order valence-corrected chi connectivity index (χ0v) is 12.3. The zero-order valence-electron chi connectivity index (χ0n) is 11.6. The molecule has 3 aliphatic heterocycles. The SMILES string of the molecule is C1CN2CC12.CCOC1=C(c2ccc(Cl)cc2)CN=N1. The van der Waals surface area contributed by atoms with Crippen molar-refractivity contribution in [1.29, 1.82) is 0 Å². The molecule has 0 amide bonds. The Bertz CT molecular complexity index is 527. The molecule has 1 aromatic rings. The van der Waals surface area contributed by atoms with Gasteiger partial charge >= 0.3 is 0 Å². The number of azo groups is 1. The largest absolute Gasteiger partial charge is 0.477 e. The summed E-state index contributed by atoms with van der Waals surface area (Å²) in [5.74, 6) is 0.625. The van der Waals surface area contributed by atoms with Crippen LogP contribution in [-0.4, -0.2) is 37.2 Å². The van der Waals surface area contributed by atoms with Gasteiger partial charge in [-0.1, -0.05) is 23.7 Å². The van der Waals surface area contributed by atoms with E-state index in [0.29, 0.717) is 19.0 Å². The number of fused-ring (bicyclic) bond motifs is 1. The van der Waals surface area contributed by atoms with Gasteiger partial charge in [-0.05, 0) is 31.0 Å². The number of rotatable bonds is 3. The van der Waals surface area contributed by atoms with E-state index in [9.17, 15) is 0 Å². The summed E-state index contributed by atoms with van der Waals surface area (Å²) in [5.41, 5.74) is 2.08. The maximum Gasteiger partial charge on any atom is 0.238 e. The van der Waals surface area contributed by atoms with Crippen LogP contribution in [0.3, 0.4) is 0 Å². The highest BCUT2D eigenvalue weighted by Gasteiger charge is 2.41. The van der Waals surface area contributed by atoms with Crippen LogP contribution in [0.4, 0.5) is 0 Å². The molecular formula is C15H18ClN3O. The van der Waals surface area contributed by atoms with Crippen molar-refractivity contribution in [1.82, 2.24) is 4.90 Å². The molecule has 0 radical (unpaired) electrons. The summed E-state index contributed by atoms with van der Waals surface area (Å²) in [7, 11) is 0. The van der Waals surface area contributed by atoms with Gasteiger partial charge in [-0.15, -0.1) is 5.11 Å². The van der Waals surface area contributed by atoms with Gasteiger partial charge in [0, 0.05) is 29.7 Å². The first kappa shape index (κ1) is 13.6. The van der Waals surface area contributed by atoms with Gasteiger partial charge in [0.1, 0.15) is 0 Å². The predicted molar refractivity (Wildman–Crippen MR) is 79.7 cm³/mol. The van der Waals surface area contributed by atoms with E-state index in [-0.39, 0.29) is 0 Å². The van der Waals surface area contributed by atoms with Crippen LogP contribution in [0.15, 0.2) is 40.4 Å². The molecule has 4 rings (SSSR count). The topological polar surface area (TPSA) is 37.0 Å². The minimum atomic E-state index is 0.580. The van der Waals surface area contributed by atoms with Crippen molar-refractivity contribution >= 4 is 17.2 Å². The maximum atomic E-state index is 5.82. The fourth-order valence-corrected chi connectivity index (χ4v) is 2.44. The van der Waals surface area contributed by atoms with Crippen LogP contribution in [0.1, 0.15) is 18.9 Å². The fraction of sp³-hybridized carbons (Fsp3) is 0.467. The highest BCUT2D eigenvalue weighted by molar-refractivity contribution is 6.30. The molecule has 5 heteroatoms. The lowest BCUT2D eigenvalue weighted by Gasteiger charge is -2.08. The molecule has 2 saturated heterocycles. The number of nitrogens with zero attached hydrogens (tertiary/aromatic N) is 3. The lowest BCUT2D eigenvalue weighted by Crippen LogP contribution is -2.16. The van der Waals surface area contributed by atoms with Gasteiger partial charge in [0.2, 0.25) is 5.88 Å². The Hall–Kier alpha value is -1.39. The van der Waals surface area contributed by atoms with Crippen LogP contribution in [0.25, 0.3) is 5.57 Å². The standard InChI is InChI=1S/C11H11ClN2O.C4H7N/c1-2-15-11-10(7-13-14-11)8-3-5-9(12)6-4-8;1-2-5-3-4(1)5/h3-6H,2,7H2,1H3;4H,1-3H2. The van der Waals surface area contributed by atoms with Crippen molar-refractivity contribution < 1.29 is 4.74 Å². The van der Waals surface area contributed by atoms with E-state index >= 15 is 0 Å². The minimum absolute atomic E-state index is 0.580. The van der Waals surface area contributed by atoms with Crippen molar-refractivity contribution in [3.05, 3.63) is 40.7 Å². The number of hydrogen-bond acceptors (Lipinski definition) is 4. The van der Waals surface area contributed by atoms with Crippen LogP contribution in [0, 0.1) is 0 Å². The number of benzene rings is 1. The molecule has 0 aromatic heterocycles. The molecule has 0 spiro atoms. The van der Waals surface area contributed by atoms with Crippen molar-refractivity contribution in [2.24, 2.45) is 10.2 Å². The summed E-state index contributed by atoms with van der Waals surface area (Å²) < 4.78 is 5.39. The van der Waals surface area contributed by atoms with Gasteiger partial charge in [0.05, 0.1) is 13.2 Å². The summed E-state index contributed by atoms with van der Waals surface area (Å²) in [6.07, 6.45) is 1.49. The summed E-state index contributed by atoms with van der Waals surface area (Å²) in [5, 5.41) is 8.64.